The summed E-state index contributed by atoms with van der Waals surface area (Å²) in [5.74, 6) is 0.850. The summed E-state index contributed by atoms with van der Waals surface area (Å²) in [4.78, 5) is 23.0. The fourth-order valence-electron chi connectivity index (χ4n) is 3.16. The highest BCUT2D eigenvalue weighted by Crippen LogP contribution is 2.15. The van der Waals surface area contributed by atoms with Crippen molar-refractivity contribution < 1.29 is 9.53 Å². The van der Waals surface area contributed by atoms with Crippen molar-refractivity contribution in [3.63, 3.8) is 0 Å². The van der Waals surface area contributed by atoms with Gasteiger partial charge in [0.25, 0.3) is 0 Å². The molecule has 9 heteroatoms. The van der Waals surface area contributed by atoms with E-state index in [9.17, 15) is 4.79 Å². The predicted octanol–water partition coefficient (Wildman–Crippen LogP) is -1.02. The summed E-state index contributed by atoms with van der Waals surface area (Å²) in [7, 11) is 3.61. The molecule has 1 aromatic rings. The number of hydrogen-bond acceptors (Lipinski definition) is 5. The number of ether oxygens (including phenoxy) is 1. The Morgan fingerprint density at radius 1 is 1.32 bits per heavy atom. The molecule has 2 aliphatic rings. The highest BCUT2D eigenvalue weighted by atomic mass is 16.5. The molecule has 1 N–H and O–H groups in total. The van der Waals surface area contributed by atoms with Crippen molar-refractivity contribution in [2.24, 2.45) is 12.0 Å². The first-order valence-corrected chi connectivity index (χ1v) is 8.72. The number of anilines is 1. The van der Waals surface area contributed by atoms with E-state index in [1.165, 1.54) is 0 Å². The lowest BCUT2D eigenvalue weighted by molar-refractivity contribution is -0.120. The number of nitrogens with one attached hydrogen (secondary N) is 1. The molecule has 0 radical (unpaired) electrons. The summed E-state index contributed by atoms with van der Waals surface area (Å²) in [6.07, 6.45) is 3.59. The molecule has 2 fully saturated rings. The summed E-state index contributed by atoms with van der Waals surface area (Å²) < 4.78 is 7.07. The summed E-state index contributed by atoms with van der Waals surface area (Å²) in [6.45, 7) is 7.03. The van der Waals surface area contributed by atoms with Crippen molar-refractivity contribution in [3.05, 3.63) is 12.4 Å². The Morgan fingerprint density at radius 2 is 2.12 bits per heavy atom. The number of aryl methyl sites for hydroxylation is 1. The van der Waals surface area contributed by atoms with E-state index in [4.69, 9.17) is 4.74 Å². The second kappa shape index (κ2) is 8.30. The number of guanidine groups is 1. The first-order chi connectivity index (χ1) is 12.2. The van der Waals surface area contributed by atoms with E-state index in [-0.39, 0.29) is 5.91 Å². The van der Waals surface area contributed by atoms with Gasteiger partial charge in [0.05, 0.1) is 25.1 Å². The highest BCUT2D eigenvalue weighted by molar-refractivity contribution is 5.98. The van der Waals surface area contributed by atoms with Crippen molar-refractivity contribution in [1.29, 1.82) is 0 Å². The summed E-state index contributed by atoms with van der Waals surface area (Å²) in [6, 6.07) is 0. The Bertz CT molecular complexity index is 609. The van der Waals surface area contributed by atoms with Gasteiger partial charge in [-0.05, 0) is 0 Å². The number of carbonyl (C=O) groups is 1. The molecule has 1 amide bonds. The molecule has 0 unspecified atom stereocenters. The van der Waals surface area contributed by atoms with E-state index in [1.54, 1.807) is 22.8 Å². The Morgan fingerprint density at radius 3 is 2.76 bits per heavy atom. The van der Waals surface area contributed by atoms with E-state index >= 15 is 0 Å². The maximum Gasteiger partial charge on any atom is 0.246 e. The predicted molar refractivity (Wildman–Crippen MR) is 95.8 cm³/mol. The Labute approximate surface area is 148 Å². The zero-order valence-electron chi connectivity index (χ0n) is 15.0. The largest absolute Gasteiger partial charge is 0.379 e. The number of aromatic nitrogens is 2. The Kier molecular flexibility index (Phi) is 5.87. The molecular weight excluding hydrogens is 322 g/mol. The summed E-state index contributed by atoms with van der Waals surface area (Å²) in [5, 5.41) is 7.51. The van der Waals surface area contributed by atoms with Crippen molar-refractivity contribution in [3.8, 4) is 0 Å². The molecule has 0 spiro atoms. The number of amides is 1. The lowest BCUT2D eigenvalue weighted by Crippen LogP contribution is -2.56. The number of piperazine rings is 1. The zero-order chi connectivity index (χ0) is 17.6. The van der Waals surface area contributed by atoms with Gasteiger partial charge in [-0.25, -0.2) is 0 Å². The van der Waals surface area contributed by atoms with Crippen molar-refractivity contribution in [2.75, 3.05) is 71.0 Å². The Hall–Kier alpha value is -2.13. The van der Waals surface area contributed by atoms with Crippen molar-refractivity contribution in [2.45, 2.75) is 0 Å². The monoisotopic (exact) mass is 349 g/mol. The molecule has 138 valence electrons. The molecule has 9 nitrogen and oxygen atoms in total. The molecule has 0 aromatic carbocycles. The number of hydrogen-bond donors (Lipinski definition) is 1. The fourth-order valence-corrected chi connectivity index (χ4v) is 3.16. The van der Waals surface area contributed by atoms with Gasteiger partial charge in [0, 0.05) is 59.6 Å². The molecule has 3 heterocycles. The van der Waals surface area contributed by atoms with Gasteiger partial charge in [-0.15, -0.1) is 0 Å². The highest BCUT2D eigenvalue weighted by Gasteiger charge is 2.27. The second-order valence-corrected chi connectivity index (χ2v) is 6.27. The SMILES string of the molecule is CN=C(NCCN1CCOCC1)N1CCN(c2cnn(C)c2)C(=O)C1. The van der Waals surface area contributed by atoms with Crippen LogP contribution < -0.4 is 10.2 Å². The number of aliphatic imine (C=N–C) groups is 1. The first-order valence-electron chi connectivity index (χ1n) is 8.72. The lowest BCUT2D eigenvalue weighted by Gasteiger charge is -2.35. The van der Waals surface area contributed by atoms with Crippen LogP contribution in [-0.2, 0) is 16.6 Å². The van der Waals surface area contributed by atoms with Crippen LogP contribution in [0, 0.1) is 0 Å². The lowest BCUT2D eigenvalue weighted by atomic mass is 10.3. The quantitative estimate of drug-likeness (QED) is 0.554. The van der Waals surface area contributed by atoms with Gasteiger partial charge in [0.15, 0.2) is 5.96 Å². The molecule has 0 aliphatic carbocycles. The van der Waals surface area contributed by atoms with Gasteiger partial charge in [-0.1, -0.05) is 0 Å². The maximum absolute atomic E-state index is 12.5. The summed E-state index contributed by atoms with van der Waals surface area (Å²) in [5.41, 5.74) is 0.849. The molecule has 0 saturated carbocycles. The van der Waals surface area contributed by atoms with E-state index in [1.807, 2.05) is 18.1 Å². The normalized spacial score (nSPS) is 20.2. The van der Waals surface area contributed by atoms with Gasteiger partial charge in [0.1, 0.15) is 6.54 Å². The average Bonchev–Trinajstić information content (AvgIpc) is 3.05. The number of nitrogens with zero attached hydrogens (tertiary/aromatic N) is 6. The molecule has 2 saturated heterocycles. The van der Waals surface area contributed by atoms with Gasteiger partial charge >= 0.3 is 0 Å². The van der Waals surface area contributed by atoms with Crippen LogP contribution in [0.5, 0.6) is 0 Å². The van der Waals surface area contributed by atoms with Crippen molar-refractivity contribution >= 4 is 17.6 Å². The van der Waals surface area contributed by atoms with Crippen LogP contribution in [0.25, 0.3) is 0 Å². The first kappa shape index (κ1) is 17.7. The third-order valence-corrected chi connectivity index (χ3v) is 4.55. The van der Waals surface area contributed by atoms with E-state index < -0.39 is 0 Å². The molecule has 3 rings (SSSR count). The van der Waals surface area contributed by atoms with E-state index in [0.29, 0.717) is 13.1 Å². The fraction of sp³-hybridized carbons (Fsp3) is 0.688. The minimum Gasteiger partial charge on any atom is -0.379 e. The topological polar surface area (TPSA) is 78.2 Å². The molecule has 1 aromatic heterocycles. The van der Waals surface area contributed by atoms with Crippen LogP contribution in [0.4, 0.5) is 5.69 Å². The molecule has 0 atom stereocenters. The Balaban J connectivity index is 1.48. The van der Waals surface area contributed by atoms with Crippen LogP contribution >= 0.6 is 0 Å². The van der Waals surface area contributed by atoms with Crippen LogP contribution in [0.3, 0.4) is 0 Å². The minimum absolute atomic E-state index is 0.0652. The van der Waals surface area contributed by atoms with Crippen LogP contribution in [-0.4, -0.2) is 97.5 Å². The molecular formula is C16H27N7O2. The third-order valence-electron chi connectivity index (χ3n) is 4.55. The van der Waals surface area contributed by atoms with Crippen molar-refractivity contribution in [1.82, 2.24) is 24.9 Å². The number of carbonyl (C=O) groups excluding carboxylic acids is 1. The molecule has 2 aliphatic heterocycles. The van der Waals surface area contributed by atoms with Gasteiger partial charge < -0.3 is 19.9 Å². The zero-order valence-corrected chi connectivity index (χ0v) is 15.0. The van der Waals surface area contributed by atoms with Crippen LogP contribution in [0.1, 0.15) is 0 Å². The third kappa shape index (κ3) is 4.49. The van der Waals surface area contributed by atoms with Gasteiger partial charge in [-0.2, -0.15) is 5.10 Å². The van der Waals surface area contributed by atoms with Crippen LogP contribution in [0.15, 0.2) is 17.4 Å². The van der Waals surface area contributed by atoms with Gasteiger partial charge in [-0.3, -0.25) is 19.4 Å². The maximum atomic E-state index is 12.5. The minimum atomic E-state index is 0.0652. The van der Waals surface area contributed by atoms with Gasteiger partial charge in [0.2, 0.25) is 5.91 Å². The summed E-state index contributed by atoms with van der Waals surface area (Å²) >= 11 is 0. The van der Waals surface area contributed by atoms with E-state index in [0.717, 1.165) is 57.6 Å². The smallest absolute Gasteiger partial charge is 0.246 e. The number of rotatable bonds is 4. The number of morpholine rings is 1. The second-order valence-electron chi connectivity index (χ2n) is 6.27. The molecule has 0 bridgehead atoms. The standard InChI is InChI=1S/C16H27N7O2/c1-17-16(18-3-4-21-7-9-25-10-8-21)22-5-6-23(15(24)13-22)14-11-19-20(2)12-14/h11-12H,3-10,13H2,1-2H3,(H,17,18). The van der Waals surface area contributed by atoms with Crippen LogP contribution in [0.2, 0.25) is 0 Å². The molecule has 25 heavy (non-hydrogen) atoms. The van der Waals surface area contributed by atoms with E-state index in [2.05, 4.69) is 20.3 Å². The average molecular weight is 349 g/mol.